The van der Waals surface area contributed by atoms with Gasteiger partial charge in [-0.25, -0.2) is 14.8 Å². The first-order chi connectivity index (χ1) is 16.2. The number of piperazine rings is 1. The summed E-state index contributed by atoms with van der Waals surface area (Å²) in [5.41, 5.74) is 1.70. The van der Waals surface area contributed by atoms with E-state index in [9.17, 15) is 19.8 Å². The van der Waals surface area contributed by atoms with Gasteiger partial charge in [-0.05, 0) is 38.3 Å². The Morgan fingerprint density at radius 3 is 2.53 bits per heavy atom. The quantitative estimate of drug-likeness (QED) is 0.615. The highest BCUT2D eigenvalue weighted by molar-refractivity contribution is 7.16. The van der Waals surface area contributed by atoms with Crippen molar-refractivity contribution in [2.24, 2.45) is 0 Å². The number of aliphatic hydroxyl groups is 1. The van der Waals surface area contributed by atoms with E-state index in [0.29, 0.717) is 42.6 Å². The second-order valence-corrected chi connectivity index (χ2v) is 10.9. The maximum atomic E-state index is 13.6. The largest absolute Gasteiger partial charge is 0.465 e. The van der Waals surface area contributed by atoms with E-state index in [-0.39, 0.29) is 24.4 Å². The molecule has 3 heterocycles. The molecule has 1 saturated heterocycles. The highest BCUT2D eigenvalue weighted by atomic mass is 35.5. The molecule has 0 aromatic carbocycles. The van der Waals surface area contributed by atoms with Crippen LogP contribution in [0.4, 0.5) is 10.6 Å². The zero-order valence-corrected chi connectivity index (χ0v) is 21.1. The number of aliphatic hydroxyl groups excluding tert-OH is 1. The zero-order valence-electron chi connectivity index (χ0n) is 19.5. The van der Waals surface area contributed by atoms with E-state index in [0.717, 1.165) is 16.3 Å². The SMILES string of the molecule is CC(C)N(C[C@@H](C(=O)N1CCN(c2ncnc3c2[C@H](C)C[C@H]3O)CC1)c1ccc(Cl)s1)C(=O)O. The number of hydrogen-bond acceptors (Lipinski definition) is 7. The molecule has 11 heteroatoms. The van der Waals surface area contributed by atoms with Crippen molar-refractivity contribution in [2.75, 3.05) is 37.6 Å². The monoisotopic (exact) mass is 507 g/mol. The van der Waals surface area contributed by atoms with Crippen LogP contribution in [-0.2, 0) is 4.79 Å². The maximum absolute atomic E-state index is 13.6. The van der Waals surface area contributed by atoms with Crippen molar-refractivity contribution in [3.63, 3.8) is 0 Å². The van der Waals surface area contributed by atoms with Gasteiger partial charge in [0.15, 0.2) is 0 Å². The minimum absolute atomic E-state index is 0.0811. The molecule has 0 bridgehead atoms. The molecule has 2 aliphatic rings. The molecule has 1 aliphatic carbocycles. The van der Waals surface area contributed by atoms with E-state index in [1.807, 2.05) is 6.07 Å². The van der Waals surface area contributed by atoms with Gasteiger partial charge in [0.25, 0.3) is 0 Å². The van der Waals surface area contributed by atoms with E-state index in [4.69, 9.17) is 11.6 Å². The van der Waals surface area contributed by atoms with Crippen LogP contribution in [0.2, 0.25) is 4.34 Å². The number of fused-ring (bicyclic) bond motifs is 1. The summed E-state index contributed by atoms with van der Waals surface area (Å²) in [4.78, 5) is 40.2. The van der Waals surface area contributed by atoms with Gasteiger partial charge in [0, 0.05) is 49.2 Å². The highest BCUT2D eigenvalue weighted by Gasteiger charge is 2.36. The number of carbonyl (C=O) groups is 2. The molecule has 4 rings (SSSR count). The summed E-state index contributed by atoms with van der Waals surface area (Å²) in [7, 11) is 0. The topological polar surface area (TPSA) is 110 Å². The molecular weight excluding hydrogens is 478 g/mol. The maximum Gasteiger partial charge on any atom is 0.407 e. The van der Waals surface area contributed by atoms with Gasteiger partial charge in [0.1, 0.15) is 12.1 Å². The van der Waals surface area contributed by atoms with Crippen LogP contribution in [0.3, 0.4) is 0 Å². The molecule has 1 fully saturated rings. The third-order valence-electron chi connectivity index (χ3n) is 6.65. The average molecular weight is 508 g/mol. The molecule has 2 aromatic heterocycles. The van der Waals surface area contributed by atoms with E-state index in [2.05, 4.69) is 21.8 Å². The second kappa shape index (κ2) is 10.1. The summed E-state index contributed by atoms with van der Waals surface area (Å²) in [5.74, 6) is 0.300. The van der Waals surface area contributed by atoms with Crippen molar-refractivity contribution in [1.29, 1.82) is 0 Å². The van der Waals surface area contributed by atoms with Crippen molar-refractivity contribution < 1.29 is 19.8 Å². The first-order valence-electron chi connectivity index (χ1n) is 11.5. The van der Waals surface area contributed by atoms with E-state index >= 15 is 0 Å². The Labute approximate surface area is 208 Å². The van der Waals surface area contributed by atoms with Crippen molar-refractivity contribution in [3.8, 4) is 0 Å². The Balaban J connectivity index is 1.50. The molecular formula is C23H30ClN5O4S. The van der Waals surface area contributed by atoms with Crippen LogP contribution in [-0.4, -0.2) is 80.7 Å². The average Bonchev–Trinajstić information content (AvgIpc) is 3.36. The first kappa shape index (κ1) is 24.7. The molecule has 0 saturated carbocycles. The van der Waals surface area contributed by atoms with E-state index in [1.54, 1.807) is 24.8 Å². The fourth-order valence-electron chi connectivity index (χ4n) is 4.82. The van der Waals surface area contributed by atoms with Crippen LogP contribution < -0.4 is 4.90 Å². The third kappa shape index (κ3) is 4.85. The molecule has 0 radical (unpaired) electrons. The Kier molecular flexibility index (Phi) is 7.30. The summed E-state index contributed by atoms with van der Waals surface area (Å²) >= 11 is 7.45. The minimum Gasteiger partial charge on any atom is -0.465 e. The Bertz CT molecular complexity index is 1060. The number of hydrogen-bond donors (Lipinski definition) is 2. The van der Waals surface area contributed by atoms with Crippen LogP contribution in [0.25, 0.3) is 0 Å². The Morgan fingerprint density at radius 1 is 1.24 bits per heavy atom. The van der Waals surface area contributed by atoms with E-state index in [1.165, 1.54) is 22.6 Å². The number of carbonyl (C=O) groups excluding carboxylic acids is 1. The van der Waals surface area contributed by atoms with Gasteiger partial charge in [-0.15, -0.1) is 11.3 Å². The summed E-state index contributed by atoms with van der Waals surface area (Å²) in [6.07, 6.45) is 0.524. The number of amides is 2. The van der Waals surface area contributed by atoms with E-state index < -0.39 is 18.1 Å². The molecule has 184 valence electrons. The molecule has 3 atom stereocenters. The predicted octanol–water partition coefficient (Wildman–Crippen LogP) is 3.55. The lowest BCUT2D eigenvalue weighted by Crippen LogP contribution is -2.52. The lowest BCUT2D eigenvalue weighted by Gasteiger charge is -2.38. The van der Waals surface area contributed by atoms with Gasteiger partial charge in [-0.2, -0.15) is 0 Å². The van der Waals surface area contributed by atoms with Crippen LogP contribution in [0, 0.1) is 0 Å². The second-order valence-electron chi connectivity index (χ2n) is 9.18. The molecule has 2 aromatic rings. The van der Waals surface area contributed by atoms with Crippen molar-refractivity contribution >= 4 is 40.8 Å². The normalized spacial score (nSPS) is 21.0. The van der Waals surface area contributed by atoms with Gasteiger partial charge < -0.3 is 24.9 Å². The van der Waals surface area contributed by atoms with Crippen molar-refractivity contribution in [2.45, 2.75) is 51.2 Å². The predicted molar refractivity (Wildman–Crippen MR) is 131 cm³/mol. The molecule has 2 N–H and O–H groups in total. The number of nitrogens with zero attached hydrogens (tertiary/aromatic N) is 5. The fourth-order valence-corrected chi connectivity index (χ4v) is 5.97. The number of thiophene rings is 1. The first-order valence-corrected chi connectivity index (χ1v) is 12.7. The lowest BCUT2D eigenvalue weighted by atomic mass is 10.0. The highest BCUT2D eigenvalue weighted by Crippen LogP contribution is 2.43. The van der Waals surface area contributed by atoms with Crippen molar-refractivity contribution in [3.05, 3.63) is 38.9 Å². The standard InChI is InChI=1S/C23H30ClN5O4S/c1-13(2)29(23(32)33)11-15(17-4-5-18(24)34-17)22(31)28-8-6-27(7-9-28)21-19-14(3)10-16(30)20(19)25-12-26-21/h4-5,12-16,30H,6-11H2,1-3H3,(H,32,33)/t14-,15-,16-/m1/s1. The third-order valence-corrected chi connectivity index (χ3v) is 8.00. The lowest BCUT2D eigenvalue weighted by molar-refractivity contribution is -0.133. The Hall–Kier alpha value is -2.43. The van der Waals surface area contributed by atoms with Gasteiger partial charge >= 0.3 is 6.09 Å². The zero-order chi connectivity index (χ0) is 24.6. The van der Waals surface area contributed by atoms with Gasteiger partial charge in [-0.1, -0.05) is 18.5 Å². The fraction of sp³-hybridized carbons (Fsp3) is 0.565. The van der Waals surface area contributed by atoms with Gasteiger partial charge in [-0.3, -0.25) is 4.79 Å². The molecule has 0 spiro atoms. The molecule has 2 amide bonds. The van der Waals surface area contributed by atoms with Crippen LogP contribution in [0.1, 0.15) is 61.3 Å². The van der Waals surface area contributed by atoms with Crippen LogP contribution in [0.5, 0.6) is 0 Å². The summed E-state index contributed by atoms with van der Waals surface area (Å²) in [6, 6.07) is 3.30. The summed E-state index contributed by atoms with van der Waals surface area (Å²) in [6.45, 7) is 7.95. The molecule has 1 aliphatic heterocycles. The number of aromatic nitrogens is 2. The number of carboxylic acid groups (broad SMARTS) is 1. The number of rotatable bonds is 6. The van der Waals surface area contributed by atoms with Crippen LogP contribution in [0.15, 0.2) is 18.5 Å². The number of halogens is 1. The number of anilines is 1. The van der Waals surface area contributed by atoms with Gasteiger partial charge in [0.2, 0.25) is 5.91 Å². The summed E-state index contributed by atoms with van der Waals surface area (Å²) in [5, 5.41) is 20.0. The molecule has 34 heavy (non-hydrogen) atoms. The Morgan fingerprint density at radius 2 is 1.94 bits per heavy atom. The molecule has 9 nitrogen and oxygen atoms in total. The van der Waals surface area contributed by atoms with Crippen LogP contribution >= 0.6 is 22.9 Å². The molecule has 0 unspecified atom stereocenters. The van der Waals surface area contributed by atoms with Gasteiger partial charge in [0.05, 0.1) is 22.1 Å². The van der Waals surface area contributed by atoms with Crippen molar-refractivity contribution in [1.82, 2.24) is 19.8 Å². The minimum atomic E-state index is -1.05. The summed E-state index contributed by atoms with van der Waals surface area (Å²) < 4.78 is 0.568. The smallest absolute Gasteiger partial charge is 0.407 e.